The fraction of sp³-hybridized carbons (Fsp3) is 0.320. The number of aromatic nitrogens is 4. The van der Waals surface area contributed by atoms with Gasteiger partial charge in [-0.2, -0.15) is 4.98 Å². The molecule has 0 aliphatic carbocycles. The van der Waals surface area contributed by atoms with Crippen molar-refractivity contribution < 1.29 is 4.39 Å². The van der Waals surface area contributed by atoms with E-state index in [1.807, 2.05) is 4.57 Å². The highest BCUT2D eigenvalue weighted by Crippen LogP contribution is 2.33. The van der Waals surface area contributed by atoms with E-state index >= 15 is 0 Å². The molecule has 34 heavy (non-hydrogen) atoms. The van der Waals surface area contributed by atoms with Crippen molar-refractivity contribution in [2.45, 2.75) is 33.4 Å². The molecule has 1 aliphatic heterocycles. The largest absolute Gasteiger partial charge is 0.332 e. The molecule has 5 rings (SSSR count). The van der Waals surface area contributed by atoms with Gasteiger partial charge in [0.25, 0.3) is 5.56 Å². The molecule has 0 fully saturated rings. The van der Waals surface area contributed by atoms with Crippen LogP contribution in [0.15, 0.2) is 52.1 Å². The molecule has 2 aromatic carbocycles. The Hall–Kier alpha value is -3.39. The van der Waals surface area contributed by atoms with Crippen molar-refractivity contribution in [2.24, 2.45) is 13.0 Å². The van der Waals surface area contributed by atoms with E-state index in [0.717, 1.165) is 23.2 Å². The van der Waals surface area contributed by atoms with Crippen LogP contribution >= 0.6 is 11.6 Å². The maximum atomic E-state index is 14.4. The number of benzene rings is 2. The molecule has 0 spiro atoms. The number of rotatable bonds is 4. The molecule has 0 saturated carbocycles. The second-order valence-electron chi connectivity index (χ2n) is 8.86. The number of halogens is 2. The van der Waals surface area contributed by atoms with Gasteiger partial charge in [0, 0.05) is 36.4 Å². The van der Waals surface area contributed by atoms with E-state index < -0.39 is 17.1 Å². The third-order valence-electron chi connectivity index (χ3n) is 6.48. The molecular weight excluding hydrogens is 457 g/mol. The van der Waals surface area contributed by atoms with Crippen molar-refractivity contribution in [2.75, 3.05) is 11.4 Å². The number of fused-ring (bicyclic) bond motifs is 3. The van der Waals surface area contributed by atoms with Crippen molar-refractivity contribution in [1.82, 2.24) is 18.7 Å². The smallest absolute Gasteiger partial charge is 0.312 e. The van der Waals surface area contributed by atoms with Gasteiger partial charge in [-0.25, -0.2) is 9.18 Å². The quantitative estimate of drug-likeness (QED) is 0.440. The van der Waals surface area contributed by atoms with Gasteiger partial charge in [0.1, 0.15) is 5.82 Å². The Morgan fingerprint density at radius 2 is 1.85 bits per heavy atom. The Labute approximate surface area is 200 Å². The van der Waals surface area contributed by atoms with Crippen LogP contribution in [0.3, 0.4) is 0 Å². The first-order chi connectivity index (χ1) is 16.3. The van der Waals surface area contributed by atoms with Gasteiger partial charge in [0.15, 0.2) is 11.2 Å². The number of hydrogen-bond acceptors (Lipinski definition) is 4. The lowest BCUT2D eigenvalue weighted by molar-refractivity contribution is 0.458. The third-order valence-corrected chi connectivity index (χ3v) is 6.83. The number of anilines is 2. The second-order valence-corrected chi connectivity index (χ2v) is 9.27. The normalized spacial score (nSPS) is 15.7. The van der Waals surface area contributed by atoms with E-state index in [0.29, 0.717) is 23.7 Å². The molecule has 0 amide bonds. The maximum Gasteiger partial charge on any atom is 0.332 e. The van der Waals surface area contributed by atoms with Gasteiger partial charge in [-0.05, 0) is 42.2 Å². The van der Waals surface area contributed by atoms with E-state index in [9.17, 15) is 14.0 Å². The fourth-order valence-electron chi connectivity index (χ4n) is 4.62. The molecule has 7 nitrogen and oxygen atoms in total. The lowest BCUT2D eigenvalue weighted by Gasteiger charge is -2.33. The topological polar surface area (TPSA) is 65.1 Å². The Morgan fingerprint density at radius 1 is 1.12 bits per heavy atom. The zero-order valence-corrected chi connectivity index (χ0v) is 20.0. The Balaban J connectivity index is 1.71. The number of aryl methyl sites for hydroxylation is 2. The van der Waals surface area contributed by atoms with Crippen molar-refractivity contribution in [3.05, 3.63) is 85.3 Å². The lowest BCUT2D eigenvalue weighted by atomic mass is 10.1. The van der Waals surface area contributed by atoms with Gasteiger partial charge in [-0.15, -0.1) is 0 Å². The third kappa shape index (κ3) is 3.53. The van der Waals surface area contributed by atoms with Crippen LogP contribution in [-0.2, 0) is 26.6 Å². The van der Waals surface area contributed by atoms with Gasteiger partial charge in [-0.3, -0.25) is 13.9 Å². The van der Waals surface area contributed by atoms with E-state index in [-0.39, 0.29) is 23.0 Å². The van der Waals surface area contributed by atoms with Crippen molar-refractivity contribution in [1.29, 1.82) is 0 Å². The van der Waals surface area contributed by atoms with Gasteiger partial charge >= 0.3 is 5.69 Å². The zero-order chi connectivity index (χ0) is 24.1. The molecule has 0 saturated heterocycles. The van der Waals surface area contributed by atoms with Crippen molar-refractivity contribution in [3.8, 4) is 0 Å². The predicted molar refractivity (Wildman–Crippen MR) is 132 cm³/mol. The second kappa shape index (κ2) is 8.43. The highest BCUT2D eigenvalue weighted by molar-refractivity contribution is 6.31. The van der Waals surface area contributed by atoms with Gasteiger partial charge in [-0.1, -0.05) is 43.6 Å². The van der Waals surface area contributed by atoms with E-state index in [1.54, 1.807) is 7.05 Å². The molecule has 0 N–H and O–H groups in total. The van der Waals surface area contributed by atoms with Crippen LogP contribution in [0.4, 0.5) is 16.0 Å². The minimum Gasteiger partial charge on any atom is -0.312 e. The summed E-state index contributed by atoms with van der Waals surface area (Å²) in [5.74, 6) is 0.292. The van der Waals surface area contributed by atoms with Crippen LogP contribution in [-0.4, -0.2) is 25.2 Å². The van der Waals surface area contributed by atoms with Crippen LogP contribution in [0.25, 0.3) is 11.2 Å². The summed E-state index contributed by atoms with van der Waals surface area (Å²) in [4.78, 5) is 33.5. The maximum absolute atomic E-state index is 14.4. The van der Waals surface area contributed by atoms with Gasteiger partial charge in [0.05, 0.1) is 6.54 Å². The molecule has 1 atom stereocenters. The van der Waals surface area contributed by atoms with Crippen LogP contribution in [0.1, 0.15) is 25.0 Å². The molecule has 9 heteroatoms. The summed E-state index contributed by atoms with van der Waals surface area (Å²) >= 11 is 6.18. The SMILES string of the molecule is CCc1ccc(N2C[C@@H](C)Cn3c2nc2c3c(=O)n(Cc3c(F)cccc3Cl)c(=O)n2C)cc1. The summed E-state index contributed by atoms with van der Waals surface area (Å²) in [6, 6.07) is 12.6. The van der Waals surface area contributed by atoms with Crippen LogP contribution < -0.4 is 16.1 Å². The molecule has 0 unspecified atom stereocenters. The lowest BCUT2D eigenvalue weighted by Crippen LogP contribution is -2.40. The van der Waals surface area contributed by atoms with Crippen LogP contribution in [0.2, 0.25) is 5.02 Å². The first-order valence-electron chi connectivity index (χ1n) is 11.3. The van der Waals surface area contributed by atoms with E-state index in [4.69, 9.17) is 16.6 Å². The van der Waals surface area contributed by atoms with Crippen LogP contribution in [0, 0.1) is 11.7 Å². The summed E-state index contributed by atoms with van der Waals surface area (Å²) in [6.07, 6.45) is 0.947. The van der Waals surface area contributed by atoms with E-state index in [2.05, 4.69) is 43.0 Å². The zero-order valence-electron chi connectivity index (χ0n) is 19.3. The van der Waals surface area contributed by atoms with Crippen molar-refractivity contribution >= 4 is 34.4 Å². The number of nitrogens with zero attached hydrogens (tertiary/aromatic N) is 5. The Kier molecular flexibility index (Phi) is 5.56. The molecule has 0 radical (unpaired) electrons. The first-order valence-corrected chi connectivity index (χ1v) is 11.7. The van der Waals surface area contributed by atoms with Crippen molar-refractivity contribution in [3.63, 3.8) is 0 Å². The molecular formula is C25H25ClFN5O2. The summed E-state index contributed by atoms with van der Waals surface area (Å²) in [7, 11) is 1.58. The number of imidazole rings is 1. The standard InChI is InChI=1S/C25H25ClFN5O2/c1-4-16-8-10-17(11-9-16)30-12-15(2)13-31-21-22(28-24(30)31)29(3)25(34)32(23(21)33)14-18-19(26)6-5-7-20(18)27/h5-11,15H,4,12-14H2,1-3H3/t15-/m1/s1. The fourth-order valence-corrected chi connectivity index (χ4v) is 4.84. The molecule has 1 aliphatic rings. The Bertz CT molecular complexity index is 1500. The predicted octanol–water partition coefficient (Wildman–Crippen LogP) is 4.09. The van der Waals surface area contributed by atoms with Crippen LogP contribution in [0.5, 0.6) is 0 Å². The van der Waals surface area contributed by atoms with E-state index in [1.165, 1.54) is 28.3 Å². The van der Waals surface area contributed by atoms with Gasteiger partial charge in [0.2, 0.25) is 5.95 Å². The Morgan fingerprint density at radius 3 is 2.53 bits per heavy atom. The summed E-state index contributed by atoms with van der Waals surface area (Å²) in [6.45, 7) is 5.29. The molecule has 176 valence electrons. The summed E-state index contributed by atoms with van der Waals surface area (Å²) in [5, 5.41) is 0.166. The monoisotopic (exact) mass is 481 g/mol. The summed E-state index contributed by atoms with van der Waals surface area (Å²) < 4.78 is 18.7. The highest BCUT2D eigenvalue weighted by atomic mass is 35.5. The minimum atomic E-state index is -0.570. The average molecular weight is 482 g/mol. The molecule has 4 aromatic rings. The average Bonchev–Trinajstić information content (AvgIpc) is 3.21. The molecule has 2 aromatic heterocycles. The summed E-state index contributed by atoms with van der Waals surface area (Å²) in [5.41, 5.74) is 1.87. The molecule has 0 bridgehead atoms. The molecule has 3 heterocycles. The number of hydrogen-bond donors (Lipinski definition) is 0. The minimum absolute atomic E-state index is 0.104. The van der Waals surface area contributed by atoms with Gasteiger partial charge < -0.3 is 9.47 Å². The first kappa shape index (κ1) is 22.4. The highest BCUT2D eigenvalue weighted by Gasteiger charge is 2.30.